The van der Waals surface area contributed by atoms with Crippen molar-refractivity contribution in [1.82, 2.24) is 0 Å². The molecular formula is C10H13O3Ru. The minimum absolute atomic E-state index is 0. The first-order valence-corrected chi connectivity index (χ1v) is 3.25. The summed E-state index contributed by atoms with van der Waals surface area (Å²) in [5, 5.41) is 0. The van der Waals surface area contributed by atoms with E-state index in [-0.39, 0.29) is 19.5 Å². The Morgan fingerprint density at radius 3 is 1.86 bits per heavy atom. The van der Waals surface area contributed by atoms with Crippen molar-refractivity contribution in [3.05, 3.63) is 36.5 Å². The first kappa shape index (κ1) is 23.0. The van der Waals surface area contributed by atoms with E-state index in [0.717, 1.165) is 6.42 Å². The van der Waals surface area contributed by atoms with Crippen LogP contribution in [0.15, 0.2) is 30.4 Å². The van der Waals surface area contributed by atoms with Crippen molar-refractivity contribution in [3.8, 4) is 0 Å². The Labute approximate surface area is 97.3 Å². The third-order valence-corrected chi connectivity index (χ3v) is 0.808. The van der Waals surface area contributed by atoms with Crippen LogP contribution in [0.5, 0.6) is 0 Å². The van der Waals surface area contributed by atoms with Crippen molar-refractivity contribution in [2.24, 2.45) is 0 Å². The van der Waals surface area contributed by atoms with Gasteiger partial charge in [-0.1, -0.05) is 18.6 Å². The zero-order chi connectivity index (χ0) is 10.9. The molecule has 79 valence electrons. The molecule has 0 saturated carbocycles. The van der Waals surface area contributed by atoms with E-state index in [0.29, 0.717) is 0 Å². The van der Waals surface area contributed by atoms with Gasteiger partial charge in [0.1, 0.15) is 20.4 Å². The summed E-state index contributed by atoms with van der Waals surface area (Å²) in [5.41, 5.74) is 0. The molecule has 1 aliphatic rings. The summed E-state index contributed by atoms with van der Waals surface area (Å²) in [4.78, 5) is 24.0. The van der Waals surface area contributed by atoms with Crippen LogP contribution in [0.2, 0.25) is 0 Å². The summed E-state index contributed by atoms with van der Waals surface area (Å²) in [6.45, 7) is 6.00. The van der Waals surface area contributed by atoms with E-state index in [2.05, 4.69) is 12.2 Å². The number of hydrogen-bond acceptors (Lipinski definition) is 3. The molecule has 1 radical (unpaired) electrons. The van der Waals surface area contributed by atoms with Gasteiger partial charge >= 0.3 is 19.5 Å². The van der Waals surface area contributed by atoms with Crippen LogP contribution in [-0.4, -0.2) is 20.4 Å². The van der Waals surface area contributed by atoms with Gasteiger partial charge in [0, 0.05) is 0 Å². The molecule has 0 amide bonds. The normalized spacial score (nSPS) is 9.43. The summed E-state index contributed by atoms with van der Waals surface area (Å²) >= 11 is 0. The minimum Gasteiger partial charge on any atom is -0.307 e. The molecule has 0 aromatic rings. The zero-order valence-electron chi connectivity index (χ0n) is 7.79. The standard InChI is InChI=1S/C7H7.3CH2O.Ru/c1-2-4-6-7-5-3-1;3*1-2;/h1-5H,6H2;3*1H2;/q-1;;;;+1. The molecule has 0 unspecified atom stereocenters. The van der Waals surface area contributed by atoms with Crippen LogP contribution in [-0.2, 0) is 33.9 Å². The van der Waals surface area contributed by atoms with Gasteiger partial charge in [0.2, 0.25) is 0 Å². The number of rotatable bonds is 0. The van der Waals surface area contributed by atoms with Crippen LogP contribution >= 0.6 is 0 Å². The SMILES string of the molecule is C=O.C=O.C=O.[C-]1=CC=CC=CC1.[Ru+]. The van der Waals surface area contributed by atoms with Gasteiger partial charge in [-0.05, 0) is 0 Å². The predicted molar refractivity (Wildman–Crippen MR) is 52.1 cm³/mol. The van der Waals surface area contributed by atoms with Crippen molar-refractivity contribution >= 4 is 20.4 Å². The molecule has 0 N–H and O–H groups in total. The molecule has 0 atom stereocenters. The summed E-state index contributed by atoms with van der Waals surface area (Å²) in [7, 11) is 0. The fourth-order valence-electron chi connectivity index (χ4n) is 0.470. The number of carbonyl (C=O) groups is 3. The first-order valence-electron chi connectivity index (χ1n) is 3.25. The Kier molecular flexibility index (Phi) is 67.1. The number of hydrogen-bond donors (Lipinski definition) is 0. The molecule has 1 rings (SSSR count). The molecule has 0 saturated heterocycles. The van der Waals surface area contributed by atoms with Gasteiger partial charge < -0.3 is 14.4 Å². The van der Waals surface area contributed by atoms with Gasteiger partial charge in [-0.25, -0.2) is 12.2 Å². The zero-order valence-corrected chi connectivity index (χ0v) is 9.53. The average Bonchev–Trinajstić information content (AvgIpc) is 2.58. The second kappa shape index (κ2) is 40.8. The van der Waals surface area contributed by atoms with Gasteiger partial charge in [-0.15, -0.1) is 6.08 Å². The van der Waals surface area contributed by atoms with Crippen molar-refractivity contribution < 1.29 is 33.9 Å². The van der Waals surface area contributed by atoms with Crippen molar-refractivity contribution in [3.63, 3.8) is 0 Å². The Hall–Kier alpha value is -1.15. The van der Waals surface area contributed by atoms with Crippen LogP contribution in [0, 0.1) is 6.08 Å². The Balaban J connectivity index is -0.0000000625. The van der Waals surface area contributed by atoms with Crippen LogP contribution in [0.25, 0.3) is 0 Å². The van der Waals surface area contributed by atoms with Crippen molar-refractivity contribution in [2.75, 3.05) is 0 Å². The third-order valence-electron chi connectivity index (χ3n) is 0.808. The maximum atomic E-state index is 8.00. The molecule has 14 heavy (non-hydrogen) atoms. The van der Waals surface area contributed by atoms with Crippen LogP contribution in [0.1, 0.15) is 6.42 Å². The van der Waals surface area contributed by atoms with E-state index in [9.17, 15) is 0 Å². The van der Waals surface area contributed by atoms with E-state index in [1.54, 1.807) is 0 Å². The Bertz CT molecular complexity index is 146. The average molecular weight is 282 g/mol. The van der Waals surface area contributed by atoms with Crippen LogP contribution in [0.3, 0.4) is 0 Å². The molecule has 0 aliphatic heterocycles. The van der Waals surface area contributed by atoms with Crippen molar-refractivity contribution in [1.29, 1.82) is 0 Å². The molecule has 1 aliphatic carbocycles. The summed E-state index contributed by atoms with van der Waals surface area (Å²) in [6.07, 6.45) is 14.0. The van der Waals surface area contributed by atoms with Crippen LogP contribution in [0.4, 0.5) is 0 Å². The quantitative estimate of drug-likeness (QED) is 0.497. The molecule has 0 bridgehead atoms. The minimum atomic E-state index is 0. The van der Waals surface area contributed by atoms with Gasteiger partial charge in [0.05, 0.1) is 0 Å². The summed E-state index contributed by atoms with van der Waals surface area (Å²) in [5.74, 6) is 0. The van der Waals surface area contributed by atoms with Gasteiger partial charge in [0.25, 0.3) is 0 Å². The van der Waals surface area contributed by atoms with E-state index in [4.69, 9.17) is 14.4 Å². The van der Waals surface area contributed by atoms with E-state index in [1.807, 2.05) is 44.7 Å². The largest absolute Gasteiger partial charge is 1.00 e. The van der Waals surface area contributed by atoms with E-state index < -0.39 is 0 Å². The van der Waals surface area contributed by atoms with Gasteiger partial charge in [0.15, 0.2) is 0 Å². The molecule has 0 aromatic heterocycles. The fourth-order valence-corrected chi connectivity index (χ4v) is 0.470. The molecule has 3 nitrogen and oxygen atoms in total. The first-order chi connectivity index (χ1) is 6.50. The maximum absolute atomic E-state index is 8.00. The fraction of sp³-hybridized carbons (Fsp3) is 0.100. The number of carbonyl (C=O) groups excluding carboxylic acids is 3. The van der Waals surface area contributed by atoms with Gasteiger partial charge in [-0.2, -0.15) is 0 Å². The maximum Gasteiger partial charge on any atom is 1.00 e. The monoisotopic (exact) mass is 283 g/mol. The second-order valence-electron chi connectivity index (χ2n) is 1.39. The number of allylic oxidation sites excluding steroid dienone is 6. The molecule has 0 aromatic carbocycles. The van der Waals surface area contributed by atoms with E-state index >= 15 is 0 Å². The van der Waals surface area contributed by atoms with Crippen molar-refractivity contribution in [2.45, 2.75) is 6.42 Å². The molecule has 0 heterocycles. The smallest absolute Gasteiger partial charge is 0.307 e. The van der Waals surface area contributed by atoms with Crippen LogP contribution < -0.4 is 0 Å². The topological polar surface area (TPSA) is 51.2 Å². The molecule has 0 spiro atoms. The summed E-state index contributed by atoms with van der Waals surface area (Å²) in [6, 6.07) is 0. The summed E-state index contributed by atoms with van der Waals surface area (Å²) < 4.78 is 0. The van der Waals surface area contributed by atoms with Gasteiger partial charge in [-0.3, -0.25) is 6.08 Å². The second-order valence-corrected chi connectivity index (χ2v) is 1.39. The molecule has 4 heteroatoms. The molecule has 0 fully saturated rings. The molecular weight excluding hydrogens is 269 g/mol. The van der Waals surface area contributed by atoms with E-state index in [1.165, 1.54) is 0 Å². The Morgan fingerprint density at radius 2 is 1.36 bits per heavy atom. The Morgan fingerprint density at radius 1 is 0.857 bits per heavy atom. The third kappa shape index (κ3) is 30.8. The predicted octanol–water partition coefficient (Wildman–Crippen LogP) is 1.30.